The zero-order chi connectivity index (χ0) is 20.7. The fraction of sp³-hybridized carbons (Fsp3) is 0.409. The van der Waals surface area contributed by atoms with Crippen molar-refractivity contribution in [2.45, 2.75) is 46.4 Å². The Balaban J connectivity index is 1.68. The molecule has 0 aliphatic carbocycles. The van der Waals surface area contributed by atoms with Crippen LogP contribution in [0.3, 0.4) is 0 Å². The number of carbonyl (C=O) groups excluding carboxylic acids is 1. The molecule has 3 aromatic rings. The van der Waals surface area contributed by atoms with Gasteiger partial charge in [-0.25, -0.2) is 4.98 Å². The number of benzene rings is 1. The van der Waals surface area contributed by atoms with Crippen molar-refractivity contribution in [2.24, 2.45) is 0 Å². The highest BCUT2D eigenvalue weighted by Gasteiger charge is 2.26. The molecule has 0 bridgehead atoms. The van der Waals surface area contributed by atoms with Crippen LogP contribution in [0.1, 0.15) is 25.0 Å². The summed E-state index contributed by atoms with van der Waals surface area (Å²) in [6.45, 7) is 9.11. The first kappa shape index (κ1) is 19.8. The number of aryl methyl sites for hydroxylation is 2. The average Bonchev–Trinajstić information content (AvgIpc) is 3.10. The van der Waals surface area contributed by atoms with Crippen LogP contribution >= 0.6 is 11.3 Å². The third-order valence-electron chi connectivity index (χ3n) is 5.46. The third-order valence-corrected chi connectivity index (χ3v) is 6.34. The number of ether oxygens (including phenoxy) is 1. The first-order valence-electron chi connectivity index (χ1n) is 9.81. The number of hydrogen-bond acceptors (Lipinski definition) is 5. The van der Waals surface area contributed by atoms with Crippen molar-refractivity contribution in [1.29, 1.82) is 0 Å². The monoisotopic (exact) mass is 411 g/mol. The van der Waals surface area contributed by atoms with Gasteiger partial charge in [-0.2, -0.15) is 0 Å². The van der Waals surface area contributed by atoms with Crippen molar-refractivity contribution in [2.75, 3.05) is 13.1 Å². The Morgan fingerprint density at radius 1 is 1.21 bits per heavy atom. The van der Waals surface area contributed by atoms with E-state index >= 15 is 0 Å². The van der Waals surface area contributed by atoms with Crippen molar-refractivity contribution in [3.05, 3.63) is 51.4 Å². The van der Waals surface area contributed by atoms with Crippen LogP contribution in [0.25, 0.3) is 21.3 Å². The number of nitrogens with zero attached hydrogens (tertiary/aromatic N) is 3. The Hall–Kier alpha value is -2.51. The van der Waals surface area contributed by atoms with E-state index in [4.69, 9.17) is 4.74 Å². The van der Waals surface area contributed by atoms with Gasteiger partial charge in [0.05, 0.1) is 23.9 Å². The fourth-order valence-corrected chi connectivity index (χ4v) is 4.74. The minimum atomic E-state index is -0.174. The van der Waals surface area contributed by atoms with Gasteiger partial charge in [0.25, 0.3) is 5.56 Å². The van der Waals surface area contributed by atoms with E-state index in [1.807, 2.05) is 25.3 Å². The van der Waals surface area contributed by atoms with Gasteiger partial charge in [0, 0.05) is 24.0 Å². The highest BCUT2D eigenvalue weighted by atomic mass is 32.1. The van der Waals surface area contributed by atoms with E-state index in [9.17, 15) is 9.59 Å². The standard InChI is InChI=1S/C22H25N3O3S/c1-13-5-6-17(7-14(13)2)18-11-29-21-20(18)22(27)25(12-23-21)10-19(26)24-8-15(3)28-16(4)9-24/h5-7,11-12,15-16H,8-10H2,1-4H3. The topological polar surface area (TPSA) is 64.4 Å². The van der Waals surface area contributed by atoms with Gasteiger partial charge in [0.2, 0.25) is 5.91 Å². The summed E-state index contributed by atoms with van der Waals surface area (Å²) in [4.78, 5) is 32.9. The van der Waals surface area contributed by atoms with Crippen LogP contribution in [-0.2, 0) is 16.1 Å². The van der Waals surface area contributed by atoms with Crippen LogP contribution in [0, 0.1) is 13.8 Å². The number of rotatable bonds is 3. The molecule has 0 saturated carbocycles. The van der Waals surface area contributed by atoms with Gasteiger partial charge in [-0.1, -0.05) is 18.2 Å². The molecule has 2 aromatic heterocycles. The van der Waals surface area contributed by atoms with Crippen molar-refractivity contribution >= 4 is 27.5 Å². The van der Waals surface area contributed by atoms with Crippen LogP contribution in [0.2, 0.25) is 0 Å². The summed E-state index contributed by atoms with van der Waals surface area (Å²) in [6, 6.07) is 6.19. The summed E-state index contributed by atoms with van der Waals surface area (Å²) < 4.78 is 7.12. The van der Waals surface area contributed by atoms with Gasteiger partial charge in [-0.05, 0) is 44.4 Å². The predicted molar refractivity (Wildman–Crippen MR) is 115 cm³/mol. The molecule has 3 heterocycles. The summed E-state index contributed by atoms with van der Waals surface area (Å²) in [6.07, 6.45) is 1.47. The number of amides is 1. The van der Waals surface area contributed by atoms with E-state index in [1.54, 1.807) is 4.90 Å². The predicted octanol–water partition coefficient (Wildman–Crippen LogP) is 3.38. The highest BCUT2D eigenvalue weighted by Crippen LogP contribution is 2.31. The van der Waals surface area contributed by atoms with E-state index in [0.717, 1.165) is 11.1 Å². The third kappa shape index (κ3) is 3.84. The lowest BCUT2D eigenvalue weighted by Gasteiger charge is -2.35. The molecule has 2 atom stereocenters. The van der Waals surface area contributed by atoms with Crippen molar-refractivity contribution in [3.8, 4) is 11.1 Å². The molecule has 1 fully saturated rings. The molecular formula is C22H25N3O3S. The lowest BCUT2D eigenvalue weighted by Crippen LogP contribution is -2.49. The number of carbonyl (C=O) groups is 1. The molecule has 1 aliphatic rings. The normalized spacial score (nSPS) is 19.7. The minimum absolute atomic E-state index is 0.00622. The van der Waals surface area contributed by atoms with E-state index in [0.29, 0.717) is 23.3 Å². The van der Waals surface area contributed by atoms with E-state index < -0.39 is 0 Å². The number of hydrogen-bond donors (Lipinski definition) is 0. The lowest BCUT2D eigenvalue weighted by molar-refractivity contribution is -0.143. The molecule has 152 valence electrons. The zero-order valence-corrected chi connectivity index (χ0v) is 18.0. The van der Waals surface area contributed by atoms with E-state index in [2.05, 4.69) is 31.0 Å². The maximum Gasteiger partial charge on any atom is 0.263 e. The van der Waals surface area contributed by atoms with Crippen molar-refractivity contribution in [3.63, 3.8) is 0 Å². The summed E-state index contributed by atoms with van der Waals surface area (Å²) in [5.74, 6) is -0.0850. The molecular weight excluding hydrogens is 386 g/mol. The molecule has 1 aromatic carbocycles. The minimum Gasteiger partial charge on any atom is -0.372 e. The van der Waals surface area contributed by atoms with Crippen LogP contribution in [-0.4, -0.2) is 45.7 Å². The fourth-order valence-electron chi connectivity index (χ4n) is 3.83. The van der Waals surface area contributed by atoms with E-state index in [-0.39, 0.29) is 30.2 Å². The number of aromatic nitrogens is 2. The highest BCUT2D eigenvalue weighted by molar-refractivity contribution is 7.17. The van der Waals surface area contributed by atoms with Crippen molar-refractivity contribution < 1.29 is 9.53 Å². The van der Waals surface area contributed by atoms with Crippen LogP contribution in [0.5, 0.6) is 0 Å². The first-order chi connectivity index (χ1) is 13.8. The van der Waals surface area contributed by atoms with E-state index in [1.165, 1.54) is 33.4 Å². The summed E-state index contributed by atoms with van der Waals surface area (Å²) in [7, 11) is 0. The molecule has 29 heavy (non-hydrogen) atoms. The Bertz CT molecular complexity index is 1120. The Labute approximate surface area is 173 Å². The molecule has 4 rings (SSSR count). The largest absolute Gasteiger partial charge is 0.372 e. The van der Waals surface area contributed by atoms with Gasteiger partial charge < -0.3 is 9.64 Å². The molecule has 1 aliphatic heterocycles. The molecule has 2 unspecified atom stereocenters. The van der Waals surface area contributed by atoms with Gasteiger partial charge >= 0.3 is 0 Å². The molecule has 1 saturated heterocycles. The Morgan fingerprint density at radius 3 is 2.62 bits per heavy atom. The molecule has 1 amide bonds. The van der Waals surface area contributed by atoms with Gasteiger partial charge in [-0.15, -0.1) is 11.3 Å². The number of fused-ring (bicyclic) bond motifs is 1. The van der Waals surface area contributed by atoms with Gasteiger partial charge in [-0.3, -0.25) is 14.2 Å². The lowest BCUT2D eigenvalue weighted by atomic mass is 10.0. The maximum atomic E-state index is 13.2. The van der Waals surface area contributed by atoms with Crippen LogP contribution in [0.4, 0.5) is 0 Å². The SMILES string of the molecule is Cc1ccc(-c2csc3ncn(CC(=O)N4CC(C)OC(C)C4)c(=O)c23)cc1C. The summed E-state index contributed by atoms with van der Waals surface area (Å²) in [5.41, 5.74) is 4.09. The average molecular weight is 412 g/mol. The van der Waals surface area contributed by atoms with Gasteiger partial charge in [0.1, 0.15) is 11.4 Å². The molecule has 0 N–H and O–H groups in total. The Morgan fingerprint density at radius 2 is 1.93 bits per heavy atom. The zero-order valence-electron chi connectivity index (χ0n) is 17.1. The Kier molecular flexibility index (Phi) is 5.27. The van der Waals surface area contributed by atoms with Crippen molar-refractivity contribution in [1.82, 2.24) is 14.5 Å². The maximum absolute atomic E-state index is 13.2. The smallest absolute Gasteiger partial charge is 0.263 e. The number of thiophene rings is 1. The molecule has 6 nitrogen and oxygen atoms in total. The second kappa shape index (κ2) is 7.72. The second-order valence-electron chi connectivity index (χ2n) is 7.86. The van der Waals surface area contributed by atoms with Gasteiger partial charge in [0.15, 0.2) is 0 Å². The molecule has 0 radical (unpaired) electrons. The summed E-state index contributed by atoms with van der Waals surface area (Å²) in [5, 5.41) is 2.55. The number of morpholine rings is 1. The summed E-state index contributed by atoms with van der Waals surface area (Å²) >= 11 is 1.45. The quantitative estimate of drug-likeness (QED) is 0.663. The molecule has 0 spiro atoms. The first-order valence-corrected chi connectivity index (χ1v) is 10.7. The molecule has 7 heteroatoms. The van der Waals surface area contributed by atoms with Crippen LogP contribution in [0.15, 0.2) is 34.7 Å². The van der Waals surface area contributed by atoms with Crippen LogP contribution < -0.4 is 5.56 Å². The second-order valence-corrected chi connectivity index (χ2v) is 8.72.